The number of guanidine groups is 1. The number of nitrogens with zero attached hydrogens (tertiary/aromatic N) is 1. The number of benzene rings is 2. The van der Waals surface area contributed by atoms with Gasteiger partial charge in [-0.05, 0) is 56.2 Å². The van der Waals surface area contributed by atoms with Gasteiger partial charge in [-0.2, -0.15) is 0 Å². The highest BCUT2D eigenvalue weighted by Crippen LogP contribution is 2.20. The number of nitrogens with one attached hydrogen (secondary N) is 1. The van der Waals surface area contributed by atoms with Crippen LogP contribution in [0, 0.1) is 13.8 Å². The molecular weight excluding hydrogens is 302 g/mol. The fourth-order valence-electron chi connectivity index (χ4n) is 2.41. The number of aliphatic imine (C=N–C) groups is 1. The summed E-state index contributed by atoms with van der Waals surface area (Å²) in [5, 5.41) is 3.11. The Morgan fingerprint density at radius 1 is 1.12 bits per heavy atom. The highest BCUT2D eigenvalue weighted by molar-refractivity contribution is 5.92. The molecule has 0 spiro atoms. The van der Waals surface area contributed by atoms with Gasteiger partial charge in [-0.15, -0.1) is 0 Å². The number of ether oxygens (including phenoxy) is 2. The first-order valence-corrected chi connectivity index (χ1v) is 7.92. The lowest BCUT2D eigenvalue weighted by molar-refractivity contribution is 0.229. The smallest absolute Gasteiger partial charge is 0.193 e. The van der Waals surface area contributed by atoms with Gasteiger partial charge in [0, 0.05) is 11.8 Å². The van der Waals surface area contributed by atoms with Crippen LogP contribution < -0.4 is 20.5 Å². The zero-order valence-corrected chi connectivity index (χ0v) is 14.7. The monoisotopic (exact) mass is 327 g/mol. The summed E-state index contributed by atoms with van der Waals surface area (Å²) < 4.78 is 11.0. The Morgan fingerprint density at radius 3 is 2.46 bits per heavy atom. The van der Waals surface area contributed by atoms with E-state index in [0.29, 0.717) is 12.5 Å². The molecule has 0 bridgehead atoms. The van der Waals surface area contributed by atoms with Gasteiger partial charge in [0.05, 0.1) is 13.7 Å². The molecule has 0 aliphatic carbocycles. The van der Waals surface area contributed by atoms with E-state index < -0.39 is 0 Å². The van der Waals surface area contributed by atoms with E-state index in [-0.39, 0.29) is 6.10 Å². The number of methoxy groups -OCH3 is 1. The molecule has 1 unspecified atom stereocenters. The van der Waals surface area contributed by atoms with Crippen LogP contribution in [0.2, 0.25) is 0 Å². The molecule has 0 amide bonds. The van der Waals surface area contributed by atoms with Crippen molar-refractivity contribution in [3.63, 3.8) is 0 Å². The first-order chi connectivity index (χ1) is 11.5. The summed E-state index contributed by atoms with van der Waals surface area (Å²) in [6.45, 7) is 6.51. The van der Waals surface area contributed by atoms with Crippen LogP contribution in [-0.4, -0.2) is 25.7 Å². The average Bonchev–Trinajstić information content (AvgIpc) is 2.52. The molecule has 0 saturated heterocycles. The van der Waals surface area contributed by atoms with E-state index >= 15 is 0 Å². The standard InChI is InChI=1S/C19H25N3O2/c1-13-8-14(2)10-16(9-13)22-19(20)21-12-15(3)24-18-7-5-6-17(11-18)23-4/h5-11,15H,12H2,1-4H3,(H3,20,21,22). The zero-order chi connectivity index (χ0) is 17.5. The van der Waals surface area contributed by atoms with E-state index in [1.165, 1.54) is 11.1 Å². The molecule has 2 aromatic rings. The minimum atomic E-state index is -0.100. The zero-order valence-electron chi connectivity index (χ0n) is 14.7. The van der Waals surface area contributed by atoms with Crippen LogP contribution in [0.15, 0.2) is 47.5 Å². The van der Waals surface area contributed by atoms with Crippen LogP contribution in [-0.2, 0) is 0 Å². The lowest BCUT2D eigenvalue weighted by Crippen LogP contribution is -2.25. The van der Waals surface area contributed by atoms with Gasteiger partial charge in [0.15, 0.2) is 5.96 Å². The maximum Gasteiger partial charge on any atom is 0.193 e. The van der Waals surface area contributed by atoms with Crippen molar-refractivity contribution in [1.82, 2.24) is 0 Å². The molecule has 24 heavy (non-hydrogen) atoms. The second-order valence-corrected chi connectivity index (χ2v) is 5.83. The number of hydrogen-bond acceptors (Lipinski definition) is 3. The van der Waals surface area contributed by atoms with E-state index in [1.54, 1.807) is 7.11 Å². The molecule has 128 valence electrons. The molecule has 0 aliphatic rings. The summed E-state index contributed by atoms with van der Waals surface area (Å²) >= 11 is 0. The van der Waals surface area contributed by atoms with Crippen molar-refractivity contribution < 1.29 is 9.47 Å². The van der Waals surface area contributed by atoms with E-state index in [0.717, 1.165) is 17.2 Å². The summed E-state index contributed by atoms with van der Waals surface area (Å²) in [5.41, 5.74) is 9.26. The predicted octanol–water partition coefficient (Wildman–Crippen LogP) is 3.51. The van der Waals surface area contributed by atoms with Gasteiger partial charge >= 0.3 is 0 Å². The van der Waals surface area contributed by atoms with Gasteiger partial charge in [0.25, 0.3) is 0 Å². The van der Waals surface area contributed by atoms with Crippen molar-refractivity contribution in [3.8, 4) is 11.5 Å². The Labute approximate surface area is 143 Å². The van der Waals surface area contributed by atoms with Crippen molar-refractivity contribution in [2.45, 2.75) is 26.9 Å². The number of hydrogen-bond donors (Lipinski definition) is 2. The molecule has 5 nitrogen and oxygen atoms in total. The van der Waals surface area contributed by atoms with Crippen LogP contribution in [0.5, 0.6) is 11.5 Å². The van der Waals surface area contributed by atoms with Gasteiger partial charge in [-0.25, -0.2) is 4.99 Å². The predicted molar refractivity (Wildman–Crippen MR) is 99.1 cm³/mol. The van der Waals surface area contributed by atoms with Gasteiger partial charge in [-0.1, -0.05) is 12.1 Å². The maximum atomic E-state index is 5.96. The molecule has 0 heterocycles. The van der Waals surface area contributed by atoms with Crippen LogP contribution in [0.1, 0.15) is 18.1 Å². The Balaban J connectivity index is 1.91. The first kappa shape index (κ1) is 17.7. The third-order valence-electron chi connectivity index (χ3n) is 3.39. The van der Waals surface area contributed by atoms with E-state index in [9.17, 15) is 0 Å². The van der Waals surface area contributed by atoms with Gasteiger partial charge in [0.1, 0.15) is 17.6 Å². The molecule has 0 radical (unpaired) electrons. The minimum absolute atomic E-state index is 0.100. The van der Waals surface area contributed by atoms with Crippen molar-refractivity contribution in [2.24, 2.45) is 10.7 Å². The van der Waals surface area contributed by atoms with Crippen LogP contribution in [0.3, 0.4) is 0 Å². The highest BCUT2D eigenvalue weighted by Gasteiger charge is 2.05. The Morgan fingerprint density at radius 2 is 1.79 bits per heavy atom. The fourth-order valence-corrected chi connectivity index (χ4v) is 2.41. The summed E-state index contributed by atoms with van der Waals surface area (Å²) in [6, 6.07) is 13.7. The largest absolute Gasteiger partial charge is 0.497 e. The number of anilines is 1. The molecule has 1 atom stereocenters. The second kappa shape index (κ2) is 8.24. The summed E-state index contributed by atoms with van der Waals surface area (Å²) in [6.07, 6.45) is -0.100. The summed E-state index contributed by atoms with van der Waals surface area (Å²) in [4.78, 5) is 4.34. The molecule has 0 aliphatic heterocycles. The minimum Gasteiger partial charge on any atom is -0.497 e. The molecule has 2 aromatic carbocycles. The molecule has 0 saturated carbocycles. The van der Waals surface area contributed by atoms with Crippen molar-refractivity contribution in [2.75, 3.05) is 19.0 Å². The fraction of sp³-hybridized carbons (Fsp3) is 0.316. The Kier molecular flexibility index (Phi) is 6.07. The second-order valence-electron chi connectivity index (χ2n) is 5.83. The van der Waals surface area contributed by atoms with Crippen molar-refractivity contribution in [3.05, 3.63) is 53.6 Å². The van der Waals surface area contributed by atoms with E-state index in [1.807, 2.05) is 43.3 Å². The number of aryl methyl sites for hydroxylation is 2. The lowest BCUT2D eigenvalue weighted by atomic mass is 10.1. The van der Waals surface area contributed by atoms with Crippen molar-refractivity contribution >= 4 is 11.6 Å². The molecule has 2 rings (SSSR count). The quantitative estimate of drug-likeness (QED) is 0.629. The third kappa shape index (κ3) is 5.50. The Bertz CT molecular complexity index is 693. The van der Waals surface area contributed by atoms with Crippen molar-refractivity contribution in [1.29, 1.82) is 0 Å². The molecule has 0 aromatic heterocycles. The average molecular weight is 327 g/mol. The Hall–Kier alpha value is -2.69. The number of nitrogens with two attached hydrogens (primary N) is 1. The van der Waals surface area contributed by atoms with E-state index in [2.05, 4.69) is 30.2 Å². The van der Waals surface area contributed by atoms with Crippen LogP contribution >= 0.6 is 0 Å². The summed E-state index contributed by atoms with van der Waals surface area (Å²) in [7, 11) is 1.63. The van der Waals surface area contributed by atoms with Crippen LogP contribution in [0.25, 0.3) is 0 Å². The highest BCUT2D eigenvalue weighted by atomic mass is 16.5. The normalized spacial score (nSPS) is 12.6. The van der Waals surface area contributed by atoms with Crippen LogP contribution in [0.4, 0.5) is 5.69 Å². The topological polar surface area (TPSA) is 68.9 Å². The number of rotatable bonds is 6. The lowest BCUT2D eigenvalue weighted by Gasteiger charge is -2.14. The van der Waals surface area contributed by atoms with Gasteiger partial charge < -0.3 is 20.5 Å². The van der Waals surface area contributed by atoms with Gasteiger partial charge in [-0.3, -0.25) is 0 Å². The molecule has 3 N–H and O–H groups in total. The molecule has 0 fully saturated rings. The van der Waals surface area contributed by atoms with Gasteiger partial charge in [0.2, 0.25) is 0 Å². The maximum absolute atomic E-state index is 5.96. The summed E-state index contributed by atoms with van der Waals surface area (Å²) in [5.74, 6) is 1.89. The molecular formula is C19H25N3O2. The molecule has 5 heteroatoms. The SMILES string of the molecule is COc1cccc(OC(C)CN=C(N)Nc2cc(C)cc(C)c2)c1. The third-order valence-corrected chi connectivity index (χ3v) is 3.39. The first-order valence-electron chi connectivity index (χ1n) is 7.92. The van der Waals surface area contributed by atoms with E-state index in [4.69, 9.17) is 15.2 Å².